The Morgan fingerprint density at radius 2 is 1.95 bits per heavy atom. The monoisotopic (exact) mass is 363 g/mol. The maximum Gasteiger partial charge on any atom is 0.224 e. The standard InChI is InChI=1S/C17H15BrClNO/c1-10-6-13(9-14(19)7-10)17(18)12-2-4-15-11(8-12)3-5-16(21)20-15/h2,4,6-9,17H,3,5H2,1H3,(H,20,21). The van der Waals surface area contributed by atoms with Crippen molar-refractivity contribution >= 4 is 39.1 Å². The first-order valence-electron chi connectivity index (χ1n) is 6.87. The van der Waals surface area contributed by atoms with E-state index in [1.54, 1.807) is 0 Å². The van der Waals surface area contributed by atoms with E-state index in [2.05, 4.69) is 33.4 Å². The van der Waals surface area contributed by atoms with E-state index in [0.29, 0.717) is 6.42 Å². The van der Waals surface area contributed by atoms with Gasteiger partial charge >= 0.3 is 0 Å². The van der Waals surface area contributed by atoms with Crippen molar-refractivity contribution < 1.29 is 4.79 Å². The van der Waals surface area contributed by atoms with E-state index in [0.717, 1.165) is 28.3 Å². The lowest BCUT2D eigenvalue weighted by Gasteiger charge is -2.19. The van der Waals surface area contributed by atoms with Gasteiger partial charge in [-0.05, 0) is 53.8 Å². The minimum Gasteiger partial charge on any atom is -0.326 e. The number of benzene rings is 2. The molecule has 1 atom stereocenters. The molecule has 1 aliphatic heterocycles. The van der Waals surface area contributed by atoms with Gasteiger partial charge in [0.15, 0.2) is 0 Å². The largest absolute Gasteiger partial charge is 0.326 e. The average molecular weight is 365 g/mol. The summed E-state index contributed by atoms with van der Waals surface area (Å²) in [6, 6.07) is 12.2. The Labute approximate surface area is 137 Å². The fourth-order valence-corrected chi connectivity index (χ4v) is 3.51. The lowest BCUT2D eigenvalue weighted by Crippen LogP contribution is -2.19. The minimum atomic E-state index is 0.0936. The third-order valence-electron chi connectivity index (χ3n) is 3.67. The SMILES string of the molecule is Cc1cc(Cl)cc(C(Br)c2ccc3c(c2)CCC(=O)N3)c1. The highest BCUT2D eigenvalue weighted by Crippen LogP contribution is 2.35. The third kappa shape index (κ3) is 3.14. The molecule has 3 rings (SSSR count). The summed E-state index contributed by atoms with van der Waals surface area (Å²) in [4.78, 5) is 11.5. The molecule has 0 saturated carbocycles. The zero-order valence-corrected chi connectivity index (χ0v) is 14.0. The molecule has 0 radical (unpaired) electrons. The van der Waals surface area contributed by atoms with E-state index in [9.17, 15) is 4.79 Å². The van der Waals surface area contributed by atoms with Crippen LogP contribution in [0.4, 0.5) is 5.69 Å². The second-order valence-electron chi connectivity index (χ2n) is 5.39. The second kappa shape index (κ2) is 5.82. The number of hydrogen-bond donors (Lipinski definition) is 1. The van der Waals surface area contributed by atoms with Gasteiger partial charge in [0, 0.05) is 17.1 Å². The Balaban J connectivity index is 1.94. The van der Waals surface area contributed by atoms with E-state index in [1.165, 1.54) is 11.1 Å². The molecule has 1 heterocycles. The van der Waals surface area contributed by atoms with Gasteiger partial charge in [0.05, 0.1) is 4.83 Å². The number of aryl methyl sites for hydroxylation is 2. The second-order valence-corrected chi connectivity index (χ2v) is 6.74. The van der Waals surface area contributed by atoms with Gasteiger partial charge in [0.2, 0.25) is 5.91 Å². The summed E-state index contributed by atoms with van der Waals surface area (Å²) in [5.74, 6) is 0.0936. The van der Waals surface area contributed by atoms with E-state index in [1.807, 2.05) is 31.2 Å². The first kappa shape index (κ1) is 14.6. The highest BCUT2D eigenvalue weighted by atomic mass is 79.9. The van der Waals surface area contributed by atoms with Gasteiger partial charge in [-0.2, -0.15) is 0 Å². The highest BCUT2D eigenvalue weighted by molar-refractivity contribution is 9.09. The molecule has 0 aliphatic carbocycles. The lowest BCUT2D eigenvalue weighted by molar-refractivity contribution is -0.116. The summed E-state index contributed by atoms with van der Waals surface area (Å²) in [6.45, 7) is 2.04. The smallest absolute Gasteiger partial charge is 0.224 e. The number of amides is 1. The van der Waals surface area contributed by atoms with E-state index < -0.39 is 0 Å². The molecule has 0 spiro atoms. The van der Waals surface area contributed by atoms with E-state index >= 15 is 0 Å². The first-order chi connectivity index (χ1) is 10.0. The molecule has 1 aliphatic rings. The number of alkyl halides is 1. The van der Waals surface area contributed by atoms with Crippen LogP contribution < -0.4 is 5.32 Å². The summed E-state index contributed by atoms with van der Waals surface area (Å²) >= 11 is 9.90. The lowest BCUT2D eigenvalue weighted by atomic mass is 9.96. The number of halogens is 2. The number of anilines is 1. The van der Waals surface area contributed by atoms with Crippen molar-refractivity contribution in [2.45, 2.75) is 24.6 Å². The molecule has 1 N–H and O–H groups in total. The van der Waals surface area contributed by atoms with Crippen LogP contribution >= 0.6 is 27.5 Å². The summed E-state index contributed by atoms with van der Waals surface area (Å²) in [5, 5.41) is 3.66. The summed E-state index contributed by atoms with van der Waals surface area (Å²) < 4.78 is 0. The molecule has 1 unspecified atom stereocenters. The summed E-state index contributed by atoms with van der Waals surface area (Å²) in [6.07, 6.45) is 1.35. The van der Waals surface area contributed by atoms with Gasteiger partial charge in [0.1, 0.15) is 0 Å². The Morgan fingerprint density at radius 3 is 2.71 bits per heavy atom. The molecule has 108 valence electrons. The molecule has 4 heteroatoms. The molecule has 0 saturated heterocycles. The molecule has 0 bridgehead atoms. The van der Waals surface area contributed by atoms with Crippen LogP contribution in [0.15, 0.2) is 36.4 Å². The van der Waals surface area contributed by atoms with Gasteiger partial charge in [-0.3, -0.25) is 4.79 Å². The molecule has 2 nitrogen and oxygen atoms in total. The Kier molecular flexibility index (Phi) is 4.05. The Bertz CT molecular complexity index is 694. The zero-order valence-electron chi connectivity index (χ0n) is 11.6. The van der Waals surface area contributed by atoms with Crippen molar-refractivity contribution in [2.24, 2.45) is 0 Å². The maximum atomic E-state index is 11.4. The van der Waals surface area contributed by atoms with Gasteiger partial charge in [-0.15, -0.1) is 0 Å². The van der Waals surface area contributed by atoms with Crippen molar-refractivity contribution in [3.8, 4) is 0 Å². The van der Waals surface area contributed by atoms with Crippen LogP contribution in [0.3, 0.4) is 0 Å². The number of carbonyl (C=O) groups excluding carboxylic acids is 1. The molecule has 2 aromatic rings. The van der Waals surface area contributed by atoms with Gasteiger partial charge in [-0.25, -0.2) is 0 Å². The fourth-order valence-electron chi connectivity index (χ4n) is 2.66. The van der Waals surface area contributed by atoms with Gasteiger partial charge in [-0.1, -0.05) is 45.7 Å². The van der Waals surface area contributed by atoms with Crippen LogP contribution in [0.5, 0.6) is 0 Å². The minimum absolute atomic E-state index is 0.0936. The molecule has 0 aromatic heterocycles. The predicted molar refractivity (Wildman–Crippen MR) is 90.4 cm³/mol. The van der Waals surface area contributed by atoms with Crippen LogP contribution in [-0.4, -0.2) is 5.91 Å². The number of hydrogen-bond acceptors (Lipinski definition) is 1. The quantitative estimate of drug-likeness (QED) is 0.745. The molecular weight excluding hydrogens is 350 g/mol. The molecular formula is C17H15BrClNO. The summed E-state index contributed by atoms with van der Waals surface area (Å²) in [7, 11) is 0. The van der Waals surface area contributed by atoms with Crippen molar-refractivity contribution in [1.82, 2.24) is 0 Å². The van der Waals surface area contributed by atoms with Crippen LogP contribution in [-0.2, 0) is 11.2 Å². The van der Waals surface area contributed by atoms with Gasteiger partial charge in [0.25, 0.3) is 0 Å². The summed E-state index contributed by atoms with van der Waals surface area (Å²) in [5.41, 5.74) is 5.57. The molecule has 21 heavy (non-hydrogen) atoms. The maximum absolute atomic E-state index is 11.4. The number of nitrogens with one attached hydrogen (secondary N) is 1. The van der Waals surface area contributed by atoms with Crippen LogP contribution in [0.1, 0.15) is 33.5 Å². The third-order valence-corrected chi connectivity index (χ3v) is 4.95. The van der Waals surface area contributed by atoms with E-state index in [4.69, 9.17) is 11.6 Å². The number of carbonyl (C=O) groups is 1. The van der Waals surface area contributed by atoms with Crippen molar-refractivity contribution in [2.75, 3.05) is 5.32 Å². The molecule has 0 fully saturated rings. The van der Waals surface area contributed by atoms with Crippen LogP contribution in [0.25, 0.3) is 0 Å². The topological polar surface area (TPSA) is 29.1 Å². The van der Waals surface area contributed by atoms with E-state index in [-0.39, 0.29) is 10.7 Å². The normalized spacial score (nSPS) is 15.3. The van der Waals surface area contributed by atoms with Crippen molar-refractivity contribution in [1.29, 1.82) is 0 Å². The van der Waals surface area contributed by atoms with Crippen molar-refractivity contribution in [3.63, 3.8) is 0 Å². The number of fused-ring (bicyclic) bond motifs is 1. The zero-order chi connectivity index (χ0) is 15.0. The van der Waals surface area contributed by atoms with Gasteiger partial charge < -0.3 is 5.32 Å². The molecule has 1 amide bonds. The number of rotatable bonds is 2. The fraction of sp³-hybridized carbons (Fsp3) is 0.235. The highest BCUT2D eigenvalue weighted by Gasteiger charge is 2.18. The van der Waals surface area contributed by atoms with Crippen LogP contribution in [0.2, 0.25) is 5.02 Å². The first-order valence-corrected chi connectivity index (χ1v) is 8.16. The average Bonchev–Trinajstić information content (AvgIpc) is 2.45. The Morgan fingerprint density at radius 1 is 1.14 bits per heavy atom. The predicted octanol–water partition coefficient (Wildman–Crippen LogP) is 5.02. The Hall–Kier alpha value is -1.32. The van der Waals surface area contributed by atoms with Crippen molar-refractivity contribution in [3.05, 3.63) is 63.7 Å². The van der Waals surface area contributed by atoms with Crippen LogP contribution in [0, 0.1) is 6.92 Å². The molecule has 2 aromatic carbocycles.